The molecule has 2 aromatic heterocycles. The molecule has 0 bridgehead atoms. The van der Waals surface area contributed by atoms with Gasteiger partial charge in [-0.3, -0.25) is 10.1 Å². The molecule has 9 nitrogen and oxygen atoms in total. The Labute approximate surface area is 184 Å². The molecule has 0 unspecified atom stereocenters. The molecule has 3 aromatic rings. The van der Waals surface area contributed by atoms with Gasteiger partial charge in [0.25, 0.3) is 0 Å². The number of aromatic nitrogens is 3. The Morgan fingerprint density at radius 1 is 0.968 bits per heavy atom. The Morgan fingerprint density at radius 3 is 2.45 bits per heavy atom. The molecule has 4 rings (SSSR count). The van der Waals surface area contributed by atoms with Gasteiger partial charge in [0.05, 0.1) is 5.69 Å². The highest BCUT2D eigenvalue weighted by Crippen LogP contribution is 2.18. The van der Waals surface area contributed by atoms with Crippen molar-refractivity contribution in [2.75, 3.05) is 41.7 Å². The minimum atomic E-state index is -0.344. The van der Waals surface area contributed by atoms with E-state index in [2.05, 4.69) is 30.5 Å². The van der Waals surface area contributed by atoms with E-state index in [0.717, 1.165) is 18.8 Å². The lowest BCUT2D eigenvalue weighted by Gasteiger charge is -2.34. The highest BCUT2D eigenvalue weighted by Gasteiger charge is 2.22. The van der Waals surface area contributed by atoms with Gasteiger partial charge in [0.15, 0.2) is 5.13 Å². The number of carbonyl (C=O) groups is 2. The summed E-state index contributed by atoms with van der Waals surface area (Å²) in [4.78, 5) is 41.5. The molecule has 31 heavy (non-hydrogen) atoms. The first-order chi connectivity index (χ1) is 15.2. The molecule has 1 aromatic carbocycles. The number of rotatable bonds is 6. The number of para-hydroxylation sites is 1. The Balaban J connectivity index is 1.21. The number of aryl methyl sites for hydroxylation is 1. The van der Waals surface area contributed by atoms with Crippen molar-refractivity contribution in [2.24, 2.45) is 0 Å². The van der Waals surface area contributed by atoms with Crippen molar-refractivity contribution in [1.82, 2.24) is 19.9 Å². The van der Waals surface area contributed by atoms with Crippen molar-refractivity contribution < 1.29 is 9.59 Å². The zero-order chi connectivity index (χ0) is 21.5. The van der Waals surface area contributed by atoms with Crippen LogP contribution in [0.3, 0.4) is 0 Å². The fraction of sp³-hybridized carbons (Fsp3) is 0.286. The quantitative estimate of drug-likeness (QED) is 0.615. The second kappa shape index (κ2) is 9.98. The van der Waals surface area contributed by atoms with Crippen LogP contribution >= 0.6 is 11.3 Å². The monoisotopic (exact) mass is 437 g/mol. The van der Waals surface area contributed by atoms with Crippen LogP contribution in [0.15, 0.2) is 54.2 Å². The van der Waals surface area contributed by atoms with Crippen LogP contribution in [-0.2, 0) is 11.2 Å². The van der Waals surface area contributed by atoms with Crippen LogP contribution in [0, 0.1) is 0 Å². The predicted molar refractivity (Wildman–Crippen MR) is 120 cm³/mol. The van der Waals surface area contributed by atoms with Crippen molar-refractivity contribution in [3.63, 3.8) is 0 Å². The van der Waals surface area contributed by atoms with Crippen LogP contribution in [0.4, 0.5) is 21.6 Å². The first-order valence-corrected chi connectivity index (χ1v) is 10.9. The number of thiazole rings is 1. The SMILES string of the molecule is O=C(Nc1ccccc1)Nc1nc(CCC(=O)N2CCN(c3ncccn3)CC2)cs1. The fourth-order valence-corrected chi connectivity index (χ4v) is 4.00. The number of hydrogen-bond donors (Lipinski definition) is 2. The van der Waals surface area contributed by atoms with Crippen LogP contribution in [0.25, 0.3) is 0 Å². The molecule has 1 aliphatic rings. The summed E-state index contributed by atoms with van der Waals surface area (Å²) in [5, 5.41) is 7.86. The number of hydrogen-bond acceptors (Lipinski definition) is 7. The Bertz CT molecular complexity index is 1000. The lowest BCUT2D eigenvalue weighted by molar-refractivity contribution is -0.131. The molecule has 1 fully saturated rings. The van der Waals surface area contributed by atoms with E-state index >= 15 is 0 Å². The molecule has 10 heteroatoms. The van der Waals surface area contributed by atoms with Crippen molar-refractivity contribution in [3.05, 3.63) is 59.9 Å². The van der Waals surface area contributed by atoms with E-state index in [1.807, 2.05) is 40.6 Å². The predicted octanol–water partition coefficient (Wildman–Crippen LogP) is 2.86. The number of nitrogens with zero attached hydrogens (tertiary/aromatic N) is 5. The van der Waals surface area contributed by atoms with Gasteiger partial charge in [-0.25, -0.2) is 19.7 Å². The van der Waals surface area contributed by atoms with E-state index in [1.54, 1.807) is 18.5 Å². The molecule has 2 N–H and O–H groups in total. The van der Waals surface area contributed by atoms with Crippen molar-refractivity contribution in [2.45, 2.75) is 12.8 Å². The average molecular weight is 438 g/mol. The lowest BCUT2D eigenvalue weighted by Crippen LogP contribution is -2.49. The summed E-state index contributed by atoms with van der Waals surface area (Å²) in [6.45, 7) is 2.75. The summed E-state index contributed by atoms with van der Waals surface area (Å²) >= 11 is 1.35. The van der Waals surface area contributed by atoms with E-state index in [-0.39, 0.29) is 11.9 Å². The van der Waals surface area contributed by atoms with Crippen LogP contribution in [0.2, 0.25) is 0 Å². The third kappa shape index (κ3) is 5.76. The number of benzene rings is 1. The van der Waals surface area contributed by atoms with Gasteiger partial charge >= 0.3 is 6.03 Å². The molecule has 160 valence electrons. The van der Waals surface area contributed by atoms with Gasteiger partial charge in [0, 0.05) is 56.1 Å². The minimum absolute atomic E-state index is 0.109. The highest BCUT2D eigenvalue weighted by molar-refractivity contribution is 7.13. The second-order valence-corrected chi connectivity index (χ2v) is 7.86. The molecule has 0 radical (unpaired) electrons. The topological polar surface area (TPSA) is 103 Å². The van der Waals surface area contributed by atoms with Gasteiger partial charge < -0.3 is 15.1 Å². The van der Waals surface area contributed by atoms with Crippen LogP contribution in [0.5, 0.6) is 0 Å². The van der Waals surface area contributed by atoms with Crippen molar-refractivity contribution in [3.8, 4) is 0 Å². The smallest absolute Gasteiger partial charge is 0.325 e. The van der Waals surface area contributed by atoms with Crippen molar-refractivity contribution >= 4 is 40.0 Å². The summed E-state index contributed by atoms with van der Waals surface area (Å²) in [6.07, 6.45) is 4.38. The molecular formula is C21H23N7O2S. The summed E-state index contributed by atoms with van der Waals surface area (Å²) < 4.78 is 0. The molecule has 0 spiro atoms. The van der Waals surface area contributed by atoms with Gasteiger partial charge in [-0.05, 0) is 24.6 Å². The second-order valence-electron chi connectivity index (χ2n) is 7.01. The number of nitrogens with one attached hydrogen (secondary N) is 2. The Hall–Kier alpha value is -3.53. The van der Waals surface area contributed by atoms with E-state index in [1.165, 1.54) is 11.3 Å². The maximum absolute atomic E-state index is 12.6. The van der Waals surface area contributed by atoms with Gasteiger partial charge in [-0.2, -0.15) is 0 Å². The van der Waals surface area contributed by atoms with E-state index in [9.17, 15) is 9.59 Å². The van der Waals surface area contributed by atoms with E-state index in [0.29, 0.717) is 42.7 Å². The zero-order valence-corrected chi connectivity index (χ0v) is 17.7. The average Bonchev–Trinajstić information content (AvgIpc) is 3.26. The Morgan fingerprint density at radius 2 is 1.71 bits per heavy atom. The van der Waals surface area contributed by atoms with Gasteiger partial charge in [0.1, 0.15) is 0 Å². The van der Waals surface area contributed by atoms with E-state index < -0.39 is 0 Å². The summed E-state index contributed by atoms with van der Waals surface area (Å²) in [6, 6.07) is 10.7. The molecule has 0 atom stereocenters. The van der Waals surface area contributed by atoms with E-state index in [4.69, 9.17) is 0 Å². The number of anilines is 3. The summed E-state index contributed by atoms with van der Waals surface area (Å²) in [7, 11) is 0. The molecule has 0 aliphatic carbocycles. The first kappa shape index (κ1) is 20.7. The number of carbonyl (C=O) groups excluding carboxylic acids is 2. The summed E-state index contributed by atoms with van der Waals surface area (Å²) in [5.41, 5.74) is 1.51. The normalized spacial score (nSPS) is 13.7. The fourth-order valence-electron chi connectivity index (χ4n) is 3.26. The zero-order valence-electron chi connectivity index (χ0n) is 16.9. The minimum Gasteiger partial charge on any atom is -0.339 e. The molecule has 1 saturated heterocycles. The third-order valence-electron chi connectivity index (χ3n) is 4.87. The van der Waals surface area contributed by atoms with Gasteiger partial charge in [-0.1, -0.05) is 18.2 Å². The summed E-state index contributed by atoms with van der Waals surface area (Å²) in [5.74, 6) is 0.811. The largest absolute Gasteiger partial charge is 0.339 e. The van der Waals surface area contributed by atoms with Crippen LogP contribution < -0.4 is 15.5 Å². The van der Waals surface area contributed by atoms with Crippen LogP contribution in [0.1, 0.15) is 12.1 Å². The molecule has 0 saturated carbocycles. The molecule has 3 amide bonds. The highest BCUT2D eigenvalue weighted by atomic mass is 32.1. The van der Waals surface area contributed by atoms with Crippen LogP contribution in [-0.4, -0.2) is 58.0 Å². The molecule has 1 aliphatic heterocycles. The van der Waals surface area contributed by atoms with Gasteiger partial charge in [0.2, 0.25) is 11.9 Å². The standard InChI is InChI=1S/C21H23N7O2S/c29-18(27-11-13-28(14-12-27)19-22-9-4-10-23-19)8-7-17-15-31-21(25-17)26-20(30)24-16-5-2-1-3-6-16/h1-6,9-10,15H,7-8,11-14H2,(H2,24,25,26,30). The molecule has 3 heterocycles. The van der Waals surface area contributed by atoms with Crippen molar-refractivity contribution in [1.29, 1.82) is 0 Å². The molecular weight excluding hydrogens is 414 g/mol. The number of urea groups is 1. The number of piperazine rings is 1. The maximum atomic E-state index is 12.6. The lowest BCUT2D eigenvalue weighted by atomic mass is 10.2. The first-order valence-electron chi connectivity index (χ1n) is 10.0. The number of amides is 3. The maximum Gasteiger partial charge on any atom is 0.325 e. The Kier molecular flexibility index (Phi) is 6.68. The third-order valence-corrected chi connectivity index (χ3v) is 5.67. The van der Waals surface area contributed by atoms with Gasteiger partial charge in [-0.15, -0.1) is 11.3 Å².